The predicted octanol–water partition coefficient (Wildman–Crippen LogP) is 8.95. The van der Waals surface area contributed by atoms with E-state index < -0.39 is 0 Å². The molecule has 0 heterocycles. The van der Waals surface area contributed by atoms with E-state index in [0.29, 0.717) is 0 Å². The van der Waals surface area contributed by atoms with Gasteiger partial charge in [-0.2, -0.15) is 0 Å². The third-order valence-corrected chi connectivity index (χ3v) is 4.15. The lowest BCUT2D eigenvalue weighted by Gasteiger charge is -2.04. The minimum Gasteiger partial charge on any atom is -0.307 e. The van der Waals surface area contributed by atoms with E-state index in [0.717, 1.165) is 12.8 Å². The molecule has 0 fully saturated rings. The van der Waals surface area contributed by atoms with Crippen molar-refractivity contribution in [1.82, 2.24) is 0 Å². The van der Waals surface area contributed by atoms with Gasteiger partial charge in [0.25, 0.3) is 0 Å². The Morgan fingerprint density at radius 1 is 0.645 bits per heavy atom. The van der Waals surface area contributed by atoms with Crippen molar-refractivity contribution in [2.24, 2.45) is 0 Å². The zero-order chi connectivity index (χ0) is 24.1. The Hall–Kier alpha value is -2.93. The first-order valence-corrected chi connectivity index (χ1v) is 11.2. The summed E-state index contributed by atoms with van der Waals surface area (Å²) in [6.45, 7) is 20.1. The number of allylic oxidation sites excluding steroid dienone is 1. The molecule has 31 heavy (non-hydrogen) atoms. The number of carbonyl (C=O) groups is 1. The van der Waals surface area contributed by atoms with Gasteiger partial charge in [0.05, 0.1) is 0 Å². The van der Waals surface area contributed by atoms with Gasteiger partial charge in [-0.3, -0.25) is 0 Å². The monoisotopic (exact) mass is 418 g/mol. The maximum absolute atomic E-state index is 8.00. The van der Waals surface area contributed by atoms with Crippen LogP contribution >= 0.6 is 0 Å². The first kappa shape index (κ1) is 30.3. The Labute approximate surface area is 191 Å². The van der Waals surface area contributed by atoms with E-state index in [1.165, 1.54) is 33.4 Å². The van der Waals surface area contributed by atoms with Gasteiger partial charge >= 0.3 is 0 Å². The Balaban J connectivity index is 0. The van der Waals surface area contributed by atoms with Gasteiger partial charge in [-0.25, -0.2) is 0 Å². The van der Waals surface area contributed by atoms with Crippen molar-refractivity contribution >= 4 is 6.79 Å². The number of carbonyl (C=O) groups excluding carboxylic acids is 1. The molecule has 1 nitrogen and oxygen atoms in total. The minimum absolute atomic E-state index is 1.05. The summed E-state index contributed by atoms with van der Waals surface area (Å²) in [5.74, 6) is 0. The summed E-state index contributed by atoms with van der Waals surface area (Å²) in [5, 5.41) is 0. The SMILES string of the molecule is C=CCCc1ccc(-c2ccc(C)cc2)cc1.C=O.CC.CC.Cc1cccc(C)c1. The molecule has 0 radical (unpaired) electrons. The number of rotatable bonds is 4. The third-order valence-electron chi connectivity index (χ3n) is 4.15. The molecule has 0 aliphatic heterocycles. The van der Waals surface area contributed by atoms with Crippen LogP contribution in [0, 0.1) is 20.8 Å². The molecule has 3 rings (SSSR count). The van der Waals surface area contributed by atoms with E-state index in [2.05, 4.69) is 100 Å². The van der Waals surface area contributed by atoms with Crippen LogP contribution in [0.15, 0.2) is 85.5 Å². The fourth-order valence-electron chi connectivity index (χ4n) is 2.69. The van der Waals surface area contributed by atoms with Crippen molar-refractivity contribution in [3.63, 3.8) is 0 Å². The first-order valence-electron chi connectivity index (χ1n) is 11.2. The Kier molecular flexibility index (Phi) is 19.9. The van der Waals surface area contributed by atoms with Gasteiger partial charge in [0.15, 0.2) is 0 Å². The third kappa shape index (κ3) is 13.8. The van der Waals surface area contributed by atoms with Crippen LogP contribution in [-0.4, -0.2) is 6.79 Å². The number of hydrogen-bond donors (Lipinski definition) is 0. The molecule has 0 aliphatic rings. The highest BCUT2D eigenvalue weighted by molar-refractivity contribution is 5.63. The average molecular weight is 419 g/mol. The smallest absolute Gasteiger partial charge is 0.106 e. The van der Waals surface area contributed by atoms with Crippen molar-refractivity contribution in [2.75, 3.05) is 0 Å². The van der Waals surface area contributed by atoms with Gasteiger partial charge in [-0.15, -0.1) is 6.58 Å². The summed E-state index contributed by atoms with van der Waals surface area (Å²) in [5.41, 5.74) is 7.92. The normalized spacial score (nSPS) is 8.48. The van der Waals surface area contributed by atoms with E-state index in [-0.39, 0.29) is 0 Å². The van der Waals surface area contributed by atoms with Crippen molar-refractivity contribution in [2.45, 2.75) is 61.3 Å². The second kappa shape index (κ2) is 20.3. The van der Waals surface area contributed by atoms with Crippen LogP contribution < -0.4 is 0 Å². The Morgan fingerprint density at radius 3 is 1.42 bits per heavy atom. The van der Waals surface area contributed by atoms with E-state index in [4.69, 9.17) is 4.79 Å². The summed E-state index contributed by atoms with van der Waals surface area (Å²) < 4.78 is 0. The molecule has 0 amide bonds. The maximum Gasteiger partial charge on any atom is 0.106 e. The minimum atomic E-state index is 1.05. The molecule has 0 aliphatic carbocycles. The number of hydrogen-bond acceptors (Lipinski definition) is 1. The molecule has 1 heteroatoms. The summed E-state index contributed by atoms with van der Waals surface area (Å²) in [7, 11) is 0. The van der Waals surface area contributed by atoms with Crippen LogP contribution in [0.1, 0.15) is 56.4 Å². The van der Waals surface area contributed by atoms with Crippen LogP contribution in [0.3, 0.4) is 0 Å². The fourth-order valence-corrected chi connectivity index (χ4v) is 2.69. The van der Waals surface area contributed by atoms with Gasteiger partial charge in [-0.05, 0) is 50.3 Å². The molecule has 0 N–H and O–H groups in total. The fraction of sp³-hybridized carbons (Fsp3) is 0.300. The highest BCUT2D eigenvalue weighted by Gasteiger charge is 1.97. The van der Waals surface area contributed by atoms with Gasteiger partial charge in [0.1, 0.15) is 6.79 Å². The first-order chi connectivity index (χ1) is 15.1. The van der Waals surface area contributed by atoms with Crippen LogP contribution in [0.2, 0.25) is 0 Å². The molecule has 3 aromatic carbocycles. The molecular weight excluding hydrogens is 376 g/mol. The zero-order valence-electron chi connectivity index (χ0n) is 20.7. The largest absolute Gasteiger partial charge is 0.307 e. The number of benzene rings is 3. The van der Waals surface area contributed by atoms with Crippen LogP contribution in [0.4, 0.5) is 0 Å². The Morgan fingerprint density at radius 2 is 1.06 bits per heavy atom. The van der Waals surface area contributed by atoms with Gasteiger partial charge in [-0.1, -0.05) is 123 Å². The average Bonchev–Trinajstić information content (AvgIpc) is 2.83. The zero-order valence-corrected chi connectivity index (χ0v) is 20.7. The van der Waals surface area contributed by atoms with E-state index >= 15 is 0 Å². The van der Waals surface area contributed by atoms with Crippen molar-refractivity contribution in [3.05, 3.63) is 108 Å². The summed E-state index contributed by atoms with van der Waals surface area (Å²) in [6.07, 6.45) is 4.09. The van der Waals surface area contributed by atoms with E-state index in [9.17, 15) is 0 Å². The lowest BCUT2D eigenvalue weighted by molar-refractivity contribution is -0.0979. The molecule has 0 atom stereocenters. The molecule has 0 saturated carbocycles. The molecule has 0 bridgehead atoms. The van der Waals surface area contributed by atoms with Gasteiger partial charge in [0.2, 0.25) is 0 Å². The van der Waals surface area contributed by atoms with Crippen molar-refractivity contribution in [3.8, 4) is 11.1 Å². The summed E-state index contributed by atoms with van der Waals surface area (Å²) in [4.78, 5) is 8.00. The van der Waals surface area contributed by atoms with Crippen LogP contribution in [-0.2, 0) is 11.2 Å². The molecule has 0 unspecified atom stereocenters. The van der Waals surface area contributed by atoms with Gasteiger partial charge in [0, 0.05) is 0 Å². The molecule has 0 spiro atoms. The Bertz CT molecular complexity index is 781. The summed E-state index contributed by atoms with van der Waals surface area (Å²) in [6, 6.07) is 25.9. The van der Waals surface area contributed by atoms with Crippen molar-refractivity contribution < 1.29 is 4.79 Å². The molecule has 168 valence electrons. The molecule has 3 aromatic rings. The highest BCUT2D eigenvalue weighted by atomic mass is 16.1. The van der Waals surface area contributed by atoms with Crippen molar-refractivity contribution in [1.29, 1.82) is 0 Å². The summed E-state index contributed by atoms with van der Waals surface area (Å²) >= 11 is 0. The van der Waals surface area contributed by atoms with E-state index in [1.54, 1.807) is 0 Å². The second-order valence-electron chi connectivity index (χ2n) is 6.55. The number of aryl methyl sites for hydroxylation is 4. The lowest BCUT2D eigenvalue weighted by Crippen LogP contribution is -1.84. The molecular formula is C30H42O. The topological polar surface area (TPSA) is 17.1 Å². The lowest BCUT2D eigenvalue weighted by atomic mass is 10.0. The standard InChI is InChI=1S/C17H18.C8H10.2C2H6.CH2O/c1-3-4-5-15-8-12-17(13-9-15)16-10-6-14(2)7-11-16;1-7-4-3-5-8(2)6-7;3*1-2/h3,6-13H,1,4-5H2,2H3;3-6H,1-2H3;2*1-2H3;1H2. The van der Waals surface area contributed by atoms with Crippen LogP contribution in [0.25, 0.3) is 11.1 Å². The second-order valence-corrected chi connectivity index (χ2v) is 6.55. The molecule has 0 aromatic heterocycles. The quantitative estimate of drug-likeness (QED) is 0.386. The van der Waals surface area contributed by atoms with E-state index in [1.807, 2.05) is 40.6 Å². The highest BCUT2D eigenvalue weighted by Crippen LogP contribution is 2.20. The maximum atomic E-state index is 8.00. The predicted molar refractivity (Wildman–Crippen MR) is 141 cm³/mol. The van der Waals surface area contributed by atoms with Gasteiger partial charge < -0.3 is 4.79 Å². The van der Waals surface area contributed by atoms with Crippen LogP contribution in [0.5, 0.6) is 0 Å². The molecule has 0 saturated heterocycles.